The Labute approximate surface area is 156 Å². The average molecular weight is 377 g/mol. The van der Waals surface area contributed by atoms with E-state index in [1.807, 2.05) is 18.2 Å². The van der Waals surface area contributed by atoms with E-state index in [1.54, 1.807) is 18.0 Å². The monoisotopic (exact) mass is 376 g/mol. The molecule has 1 aliphatic rings. The Morgan fingerprint density at radius 1 is 1.35 bits per heavy atom. The molecule has 2 aromatic heterocycles. The second kappa shape index (κ2) is 7.47. The van der Waals surface area contributed by atoms with Crippen LogP contribution in [0.1, 0.15) is 12.8 Å². The zero-order valence-corrected chi connectivity index (χ0v) is 15.3. The summed E-state index contributed by atoms with van der Waals surface area (Å²) in [6.45, 7) is 1.79. The third-order valence-electron chi connectivity index (χ3n) is 4.91. The maximum atomic E-state index is 12.7. The Balaban J connectivity index is 0.00000196. The predicted molar refractivity (Wildman–Crippen MR) is 102 cm³/mol. The van der Waals surface area contributed by atoms with Gasteiger partial charge in [-0.2, -0.15) is 0 Å². The van der Waals surface area contributed by atoms with Crippen LogP contribution in [0.3, 0.4) is 0 Å². The highest BCUT2D eigenvalue weighted by Crippen LogP contribution is 2.24. The maximum Gasteiger partial charge on any atom is 0.297 e. The number of hydrogen-bond donors (Lipinski definition) is 1. The van der Waals surface area contributed by atoms with E-state index in [1.165, 1.54) is 10.9 Å². The molecule has 0 unspecified atom stereocenters. The normalized spacial score (nSPS) is 15.1. The molecule has 0 spiro atoms. The minimum atomic E-state index is -0.326. The molecule has 1 aliphatic heterocycles. The fourth-order valence-electron chi connectivity index (χ4n) is 3.38. The van der Waals surface area contributed by atoms with E-state index < -0.39 is 0 Å². The Kier molecular flexibility index (Phi) is 5.29. The smallest absolute Gasteiger partial charge is 0.297 e. The molecule has 1 fully saturated rings. The van der Waals surface area contributed by atoms with Gasteiger partial charge in [-0.1, -0.05) is 12.1 Å². The van der Waals surface area contributed by atoms with Crippen molar-refractivity contribution in [1.29, 1.82) is 0 Å². The van der Waals surface area contributed by atoms with Gasteiger partial charge in [0.05, 0.1) is 6.33 Å². The number of likely N-dealkylation sites (N-methyl/N-ethyl adjacent to an activating group) is 1. The van der Waals surface area contributed by atoms with Gasteiger partial charge in [-0.15, -0.1) is 12.4 Å². The fourth-order valence-corrected chi connectivity index (χ4v) is 3.38. The van der Waals surface area contributed by atoms with Crippen LogP contribution in [0.2, 0.25) is 0 Å². The van der Waals surface area contributed by atoms with Gasteiger partial charge in [0.25, 0.3) is 5.56 Å². The number of hydrogen-bond acceptors (Lipinski definition) is 5. The minimum Gasteiger partial charge on any atom is -0.448 e. The SMILES string of the molecule is CN(C(=O)Cn1cnc2c(oc3ccccc32)c1=O)C1CCNCC1.Cl. The average Bonchev–Trinajstić information content (AvgIpc) is 3.03. The Hall–Kier alpha value is -2.38. The highest BCUT2D eigenvalue weighted by atomic mass is 35.5. The first-order chi connectivity index (χ1) is 12.1. The summed E-state index contributed by atoms with van der Waals surface area (Å²) in [4.78, 5) is 31.3. The van der Waals surface area contributed by atoms with E-state index in [0.717, 1.165) is 31.3 Å². The molecule has 1 saturated heterocycles. The summed E-state index contributed by atoms with van der Waals surface area (Å²) < 4.78 is 6.98. The molecule has 3 aromatic rings. The quantitative estimate of drug-likeness (QED) is 0.753. The van der Waals surface area contributed by atoms with Gasteiger partial charge in [-0.3, -0.25) is 14.2 Å². The standard InChI is InChI=1S/C18H20N4O3.ClH/c1-21(12-6-8-19-9-7-12)15(23)10-22-11-20-16-13-4-2-3-5-14(13)25-17(16)18(22)24;/h2-5,11-12,19H,6-10H2,1H3;1H. The number of benzene rings is 1. The maximum absolute atomic E-state index is 12.7. The van der Waals surface area contributed by atoms with Gasteiger partial charge in [0.15, 0.2) is 0 Å². The molecule has 8 heteroatoms. The lowest BCUT2D eigenvalue weighted by molar-refractivity contribution is -0.133. The number of carbonyl (C=O) groups excluding carboxylic acids is 1. The summed E-state index contributed by atoms with van der Waals surface area (Å²) >= 11 is 0. The molecular formula is C18H21ClN4O3. The Morgan fingerprint density at radius 2 is 2.08 bits per heavy atom. The molecule has 138 valence electrons. The number of aromatic nitrogens is 2. The predicted octanol–water partition coefficient (Wildman–Crippen LogP) is 1.77. The molecule has 1 amide bonds. The van der Waals surface area contributed by atoms with Gasteiger partial charge in [-0.05, 0) is 38.1 Å². The second-order valence-electron chi connectivity index (χ2n) is 6.44. The summed E-state index contributed by atoms with van der Waals surface area (Å²) in [5.41, 5.74) is 1.03. The van der Waals surface area contributed by atoms with Crippen molar-refractivity contribution in [3.8, 4) is 0 Å². The fraction of sp³-hybridized carbons (Fsp3) is 0.389. The molecule has 0 bridgehead atoms. The second-order valence-corrected chi connectivity index (χ2v) is 6.44. The molecule has 0 atom stereocenters. The van der Waals surface area contributed by atoms with E-state index in [4.69, 9.17) is 4.42 Å². The molecule has 4 rings (SSSR count). The minimum absolute atomic E-state index is 0. The summed E-state index contributed by atoms with van der Waals surface area (Å²) in [5, 5.41) is 4.09. The van der Waals surface area contributed by atoms with Gasteiger partial charge < -0.3 is 14.6 Å². The molecule has 1 N–H and O–H groups in total. The van der Waals surface area contributed by atoms with Crippen LogP contribution in [0, 0.1) is 0 Å². The topological polar surface area (TPSA) is 80.4 Å². The van der Waals surface area contributed by atoms with Crippen LogP contribution >= 0.6 is 12.4 Å². The number of fused-ring (bicyclic) bond motifs is 3. The van der Waals surface area contributed by atoms with Crippen molar-refractivity contribution in [2.75, 3.05) is 20.1 Å². The van der Waals surface area contributed by atoms with Crippen molar-refractivity contribution in [2.24, 2.45) is 0 Å². The van der Waals surface area contributed by atoms with E-state index in [0.29, 0.717) is 11.1 Å². The largest absolute Gasteiger partial charge is 0.448 e. The number of furan rings is 1. The number of piperidine rings is 1. The number of nitrogens with zero attached hydrogens (tertiary/aromatic N) is 3. The van der Waals surface area contributed by atoms with Gasteiger partial charge in [0.2, 0.25) is 11.5 Å². The van der Waals surface area contributed by atoms with Crippen LogP contribution in [-0.4, -0.2) is 46.5 Å². The number of carbonyl (C=O) groups is 1. The molecule has 3 heterocycles. The molecule has 0 aliphatic carbocycles. The van der Waals surface area contributed by atoms with Gasteiger partial charge in [-0.25, -0.2) is 4.98 Å². The first kappa shape index (κ1) is 18.4. The van der Waals surface area contributed by atoms with E-state index in [2.05, 4.69) is 10.3 Å². The highest BCUT2D eigenvalue weighted by molar-refractivity contribution is 6.01. The first-order valence-electron chi connectivity index (χ1n) is 8.48. The molecule has 26 heavy (non-hydrogen) atoms. The summed E-state index contributed by atoms with van der Waals surface area (Å²) in [5.74, 6) is -0.0914. The van der Waals surface area contributed by atoms with Gasteiger partial charge in [0.1, 0.15) is 17.6 Å². The third kappa shape index (κ3) is 3.20. The molecule has 0 saturated carbocycles. The first-order valence-corrected chi connectivity index (χ1v) is 8.48. The van der Waals surface area contributed by atoms with E-state index in [9.17, 15) is 9.59 Å². The van der Waals surface area contributed by atoms with Crippen LogP contribution in [0.25, 0.3) is 22.1 Å². The van der Waals surface area contributed by atoms with Crippen LogP contribution in [0.15, 0.2) is 39.8 Å². The lowest BCUT2D eigenvalue weighted by Crippen LogP contribution is -2.45. The van der Waals surface area contributed by atoms with Gasteiger partial charge in [0, 0.05) is 18.5 Å². The van der Waals surface area contributed by atoms with E-state index in [-0.39, 0.29) is 42.0 Å². The van der Waals surface area contributed by atoms with Crippen molar-refractivity contribution in [1.82, 2.24) is 19.8 Å². The zero-order valence-electron chi connectivity index (χ0n) is 14.5. The van der Waals surface area contributed by atoms with Crippen molar-refractivity contribution in [3.63, 3.8) is 0 Å². The van der Waals surface area contributed by atoms with Crippen LogP contribution in [-0.2, 0) is 11.3 Å². The molecule has 7 nitrogen and oxygen atoms in total. The van der Waals surface area contributed by atoms with Crippen molar-refractivity contribution in [2.45, 2.75) is 25.4 Å². The summed E-state index contributed by atoms with van der Waals surface area (Å²) in [7, 11) is 1.80. The van der Waals surface area contributed by atoms with Crippen LogP contribution in [0.5, 0.6) is 0 Å². The lowest BCUT2D eigenvalue weighted by atomic mass is 10.1. The Bertz CT molecular complexity index is 991. The lowest BCUT2D eigenvalue weighted by Gasteiger charge is -2.31. The number of nitrogens with one attached hydrogen (secondary N) is 1. The zero-order chi connectivity index (χ0) is 17.4. The summed E-state index contributed by atoms with van der Waals surface area (Å²) in [6.07, 6.45) is 3.29. The number of para-hydroxylation sites is 1. The van der Waals surface area contributed by atoms with Crippen molar-refractivity contribution >= 4 is 40.4 Å². The highest BCUT2D eigenvalue weighted by Gasteiger charge is 2.23. The summed E-state index contributed by atoms with van der Waals surface area (Å²) in [6, 6.07) is 7.61. The molecule has 1 aromatic carbocycles. The van der Waals surface area contributed by atoms with E-state index >= 15 is 0 Å². The van der Waals surface area contributed by atoms with Crippen molar-refractivity contribution in [3.05, 3.63) is 40.9 Å². The molecule has 0 radical (unpaired) electrons. The number of rotatable bonds is 3. The van der Waals surface area contributed by atoms with Crippen LogP contribution in [0.4, 0.5) is 0 Å². The van der Waals surface area contributed by atoms with Crippen molar-refractivity contribution < 1.29 is 9.21 Å². The van der Waals surface area contributed by atoms with Crippen LogP contribution < -0.4 is 10.9 Å². The number of halogens is 1. The third-order valence-corrected chi connectivity index (χ3v) is 4.91. The van der Waals surface area contributed by atoms with Gasteiger partial charge >= 0.3 is 0 Å². The Morgan fingerprint density at radius 3 is 2.85 bits per heavy atom. The number of amides is 1. The molecular weight excluding hydrogens is 356 g/mol.